The summed E-state index contributed by atoms with van der Waals surface area (Å²) < 4.78 is 0. The van der Waals surface area contributed by atoms with Crippen molar-refractivity contribution < 1.29 is 9.59 Å². The number of benzene rings is 2. The minimum atomic E-state index is -0.606. The van der Waals surface area contributed by atoms with Crippen molar-refractivity contribution in [1.29, 1.82) is 0 Å². The van der Waals surface area contributed by atoms with Crippen molar-refractivity contribution in [2.45, 2.75) is 58.7 Å². The summed E-state index contributed by atoms with van der Waals surface area (Å²) >= 11 is 18.4. The first-order chi connectivity index (χ1) is 14.3. The minimum Gasteiger partial charge on any atom is -0.352 e. The maximum Gasteiger partial charge on any atom is 0.243 e. The summed E-state index contributed by atoms with van der Waals surface area (Å²) in [6.45, 7) is 6.09. The van der Waals surface area contributed by atoms with Gasteiger partial charge in [-0.3, -0.25) is 9.59 Å². The van der Waals surface area contributed by atoms with Crippen molar-refractivity contribution in [3.8, 4) is 0 Å². The Bertz CT molecular complexity index is 889. The average Bonchev–Trinajstić information content (AvgIpc) is 2.71. The van der Waals surface area contributed by atoms with E-state index in [0.29, 0.717) is 21.5 Å². The molecule has 0 aromatic heterocycles. The monoisotopic (exact) mass is 468 g/mol. The van der Waals surface area contributed by atoms with Crippen molar-refractivity contribution >= 4 is 46.6 Å². The highest BCUT2D eigenvalue weighted by molar-refractivity contribution is 6.42. The first kappa shape index (κ1) is 24.5. The van der Waals surface area contributed by atoms with E-state index in [2.05, 4.69) is 5.32 Å². The number of amides is 2. The van der Waals surface area contributed by atoms with Crippen molar-refractivity contribution in [2.75, 3.05) is 0 Å². The van der Waals surface area contributed by atoms with Gasteiger partial charge in [-0.1, -0.05) is 72.9 Å². The van der Waals surface area contributed by atoms with Crippen LogP contribution in [-0.4, -0.2) is 28.8 Å². The molecule has 0 heterocycles. The molecule has 0 saturated heterocycles. The van der Waals surface area contributed by atoms with Gasteiger partial charge in [-0.15, -0.1) is 0 Å². The van der Waals surface area contributed by atoms with E-state index in [1.54, 1.807) is 29.2 Å². The molecule has 0 spiro atoms. The van der Waals surface area contributed by atoms with Crippen LogP contribution in [0.15, 0.2) is 42.5 Å². The fraction of sp³-hybridized carbons (Fsp3) is 0.391. The Balaban J connectivity index is 2.33. The zero-order valence-corrected chi connectivity index (χ0v) is 19.7. The molecule has 0 aliphatic rings. The van der Waals surface area contributed by atoms with Crippen LogP contribution in [0.2, 0.25) is 15.1 Å². The predicted molar refractivity (Wildman–Crippen MR) is 124 cm³/mol. The standard InChI is InChI=1S/C23H27Cl3N2O2/c1-4-15(3)27-23(30)21(5-2)28(14-17-8-6-7-9-18(17)24)22(29)13-16-10-11-19(25)20(26)12-16/h6-12,15,21H,4-5,13-14H2,1-3H3,(H,27,30)/t15-,21-/m0/s1. The highest BCUT2D eigenvalue weighted by Crippen LogP contribution is 2.24. The third kappa shape index (κ3) is 6.63. The van der Waals surface area contributed by atoms with Crippen LogP contribution in [-0.2, 0) is 22.6 Å². The van der Waals surface area contributed by atoms with Gasteiger partial charge in [-0.05, 0) is 49.1 Å². The summed E-state index contributed by atoms with van der Waals surface area (Å²) in [5, 5.41) is 4.37. The maximum atomic E-state index is 13.3. The number of nitrogens with zero attached hydrogens (tertiary/aromatic N) is 1. The lowest BCUT2D eigenvalue weighted by atomic mass is 10.1. The zero-order valence-electron chi connectivity index (χ0n) is 17.4. The number of halogens is 3. The number of hydrogen-bond donors (Lipinski definition) is 1. The van der Waals surface area contributed by atoms with E-state index in [-0.39, 0.29) is 30.8 Å². The molecular formula is C23H27Cl3N2O2. The number of rotatable bonds is 9. The van der Waals surface area contributed by atoms with Gasteiger partial charge in [0.15, 0.2) is 0 Å². The van der Waals surface area contributed by atoms with Crippen LogP contribution in [0.5, 0.6) is 0 Å². The molecule has 0 fully saturated rings. The smallest absolute Gasteiger partial charge is 0.243 e. The van der Waals surface area contributed by atoms with Gasteiger partial charge in [0, 0.05) is 17.6 Å². The summed E-state index contributed by atoms with van der Waals surface area (Å²) in [6.07, 6.45) is 1.40. The van der Waals surface area contributed by atoms with Crippen molar-refractivity contribution in [3.63, 3.8) is 0 Å². The molecule has 0 radical (unpaired) electrons. The van der Waals surface area contributed by atoms with Crippen LogP contribution < -0.4 is 5.32 Å². The molecule has 0 bridgehead atoms. The largest absolute Gasteiger partial charge is 0.352 e. The van der Waals surface area contributed by atoms with Crippen LogP contribution in [0.25, 0.3) is 0 Å². The molecule has 7 heteroatoms. The summed E-state index contributed by atoms with van der Waals surface area (Å²) in [7, 11) is 0. The van der Waals surface area contributed by atoms with E-state index < -0.39 is 6.04 Å². The molecule has 2 aromatic carbocycles. The molecule has 1 N–H and O–H groups in total. The van der Waals surface area contributed by atoms with Crippen LogP contribution in [0.3, 0.4) is 0 Å². The second-order valence-electron chi connectivity index (χ2n) is 7.28. The van der Waals surface area contributed by atoms with Crippen molar-refractivity contribution in [1.82, 2.24) is 10.2 Å². The lowest BCUT2D eigenvalue weighted by molar-refractivity contribution is -0.141. The molecular weight excluding hydrogens is 443 g/mol. The minimum absolute atomic E-state index is 0.0267. The van der Waals surface area contributed by atoms with Gasteiger partial charge in [0.1, 0.15) is 6.04 Å². The molecule has 2 rings (SSSR count). The second kappa shape index (κ2) is 11.6. The molecule has 2 atom stereocenters. The van der Waals surface area contributed by atoms with Gasteiger partial charge >= 0.3 is 0 Å². The van der Waals surface area contributed by atoms with Crippen LogP contribution in [0, 0.1) is 0 Å². The summed E-state index contributed by atoms with van der Waals surface area (Å²) in [4.78, 5) is 27.8. The lowest BCUT2D eigenvalue weighted by Gasteiger charge is -2.32. The first-order valence-electron chi connectivity index (χ1n) is 10.0. The van der Waals surface area contributed by atoms with Crippen molar-refractivity contribution in [2.24, 2.45) is 0 Å². The Kier molecular flexibility index (Phi) is 9.47. The zero-order chi connectivity index (χ0) is 22.3. The molecule has 0 aliphatic heterocycles. The second-order valence-corrected chi connectivity index (χ2v) is 8.50. The lowest BCUT2D eigenvalue weighted by Crippen LogP contribution is -2.51. The van der Waals surface area contributed by atoms with Gasteiger partial charge in [-0.2, -0.15) is 0 Å². The van der Waals surface area contributed by atoms with Gasteiger partial charge < -0.3 is 10.2 Å². The van der Waals surface area contributed by atoms with Gasteiger partial charge in [0.2, 0.25) is 11.8 Å². The Morgan fingerprint density at radius 3 is 2.27 bits per heavy atom. The van der Waals surface area contributed by atoms with E-state index in [1.165, 1.54) is 0 Å². The Morgan fingerprint density at radius 2 is 1.67 bits per heavy atom. The SMILES string of the molecule is CC[C@H](C)NC(=O)[C@H](CC)N(Cc1ccccc1Cl)C(=O)Cc1ccc(Cl)c(Cl)c1. The molecule has 0 aliphatic carbocycles. The van der Waals surface area contributed by atoms with Crippen LogP contribution in [0.4, 0.5) is 0 Å². The molecule has 30 heavy (non-hydrogen) atoms. The van der Waals surface area contributed by atoms with E-state index >= 15 is 0 Å². The molecule has 0 unspecified atom stereocenters. The molecule has 162 valence electrons. The fourth-order valence-corrected chi connectivity index (χ4v) is 3.61. The van der Waals surface area contributed by atoms with Crippen molar-refractivity contribution in [3.05, 3.63) is 68.7 Å². The topological polar surface area (TPSA) is 49.4 Å². The summed E-state index contributed by atoms with van der Waals surface area (Å²) in [5.41, 5.74) is 1.52. The van der Waals surface area contributed by atoms with E-state index in [9.17, 15) is 9.59 Å². The molecule has 2 aromatic rings. The average molecular weight is 470 g/mol. The van der Waals surface area contributed by atoms with Crippen LogP contribution in [0.1, 0.15) is 44.7 Å². The van der Waals surface area contributed by atoms with E-state index in [1.807, 2.05) is 39.0 Å². The van der Waals surface area contributed by atoms with Gasteiger partial charge in [0.25, 0.3) is 0 Å². The Morgan fingerprint density at radius 1 is 0.967 bits per heavy atom. The Labute approximate surface area is 193 Å². The normalized spacial score (nSPS) is 12.9. The predicted octanol–water partition coefficient (Wildman–Crippen LogP) is 5.91. The molecule has 4 nitrogen and oxygen atoms in total. The third-order valence-corrected chi connectivity index (χ3v) is 6.13. The maximum absolute atomic E-state index is 13.3. The Hall–Kier alpha value is -1.75. The summed E-state index contributed by atoms with van der Waals surface area (Å²) in [5.74, 6) is -0.346. The van der Waals surface area contributed by atoms with Crippen LogP contribution >= 0.6 is 34.8 Å². The van der Waals surface area contributed by atoms with E-state index in [0.717, 1.165) is 17.5 Å². The number of hydrogen-bond acceptors (Lipinski definition) is 2. The highest BCUT2D eigenvalue weighted by Gasteiger charge is 2.29. The van der Waals surface area contributed by atoms with Gasteiger partial charge in [0.05, 0.1) is 16.5 Å². The fourth-order valence-electron chi connectivity index (χ4n) is 3.10. The number of carbonyl (C=O) groups is 2. The summed E-state index contributed by atoms with van der Waals surface area (Å²) in [6, 6.07) is 11.9. The quantitative estimate of drug-likeness (QED) is 0.496. The number of carbonyl (C=O) groups excluding carboxylic acids is 2. The van der Waals surface area contributed by atoms with Gasteiger partial charge in [-0.25, -0.2) is 0 Å². The first-order valence-corrected chi connectivity index (χ1v) is 11.2. The molecule has 2 amide bonds. The highest BCUT2D eigenvalue weighted by atomic mass is 35.5. The molecule has 0 saturated carbocycles. The third-order valence-electron chi connectivity index (χ3n) is 5.02. The number of nitrogens with one attached hydrogen (secondary N) is 1. The van der Waals surface area contributed by atoms with E-state index in [4.69, 9.17) is 34.8 Å².